The molecule has 2 rings (SSSR count). The van der Waals surface area contributed by atoms with Crippen LogP contribution in [0.4, 0.5) is 0 Å². The SMILES string of the molecule is Cc1c(C(=O)NCCCCN)oc2ccccc12. The minimum absolute atomic E-state index is 0.152. The van der Waals surface area contributed by atoms with E-state index in [1.807, 2.05) is 31.2 Å². The summed E-state index contributed by atoms with van der Waals surface area (Å²) < 4.78 is 5.58. The molecule has 0 radical (unpaired) electrons. The van der Waals surface area contributed by atoms with Gasteiger partial charge in [0.25, 0.3) is 5.91 Å². The van der Waals surface area contributed by atoms with Crippen LogP contribution < -0.4 is 11.1 Å². The Hall–Kier alpha value is -1.81. The fraction of sp³-hybridized carbons (Fsp3) is 0.357. The molecule has 1 amide bonds. The summed E-state index contributed by atoms with van der Waals surface area (Å²) in [4.78, 5) is 12.0. The average Bonchev–Trinajstić information content (AvgIpc) is 2.73. The van der Waals surface area contributed by atoms with Gasteiger partial charge in [-0.25, -0.2) is 0 Å². The van der Waals surface area contributed by atoms with Gasteiger partial charge in [0.2, 0.25) is 0 Å². The zero-order valence-electron chi connectivity index (χ0n) is 10.5. The van der Waals surface area contributed by atoms with Gasteiger partial charge in [0.15, 0.2) is 5.76 Å². The second kappa shape index (κ2) is 5.69. The third kappa shape index (κ3) is 2.54. The van der Waals surface area contributed by atoms with E-state index in [1.165, 1.54) is 0 Å². The summed E-state index contributed by atoms with van der Waals surface area (Å²) in [6.45, 7) is 3.19. The summed E-state index contributed by atoms with van der Waals surface area (Å²) in [7, 11) is 0. The van der Waals surface area contributed by atoms with Crippen molar-refractivity contribution in [3.8, 4) is 0 Å². The highest BCUT2D eigenvalue weighted by molar-refractivity contribution is 5.98. The number of fused-ring (bicyclic) bond motifs is 1. The molecule has 0 unspecified atom stereocenters. The molecule has 4 heteroatoms. The van der Waals surface area contributed by atoms with E-state index in [1.54, 1.807) is 0 Å². The predicted molar refractivity (Wildman–Crippen MR) is 71.6 cm³/mol. The Morgan fingerprint density at radius 3 is 2.83 bits per heavy atom. The minimum atomic E-state index is -0.152. The maximum atomic E-state index is 12.0. The molecule has 0 atom stereocenters. The smallest absolute Gasteiger partial charge is 0.287 e. The van der Waals surface area contributed by atoms with E-state index in [-0.39, 0.29) is 5.91 Å². The second-order valence-electron chi connectivity index (χ2n) is 4.30. The van der Waals surface area contributed by atoms with Crippen molar-refractivity contribution in [2.45, 2.75) is 19.8 Å². The first-order valence-corrected chi connectivity index (χ1v) is 6.20. The van der Waals surface area contributed by atoms with Gasteiger partial charge in [0, 0.05) is 17.5 Å². The number of nitrogens with one attached hydrogen (secondary N) is 1. The number of para-hydroxylation sites is 1. The molecule has 0 bridgehead atoms. The molecule has 0 fully saturated rings. The van der Waals surface area contributed by atoms with E-state index in [0.29, 0.717) is 18.8 Å². The lowest BCUT2D eigenvalue weighted by Crippen LogP contribution is -2.25. The van der Waals surface area contributed by atoms with Crippen LogP contribution in [0.3, 0.4) is 0 Å². The molecule has 0 spiro atoms. The van der Waals surface area contributed by atoms with Crippen LogP contribution in [-0.2, 0) is 0 Å². The van der Waals surface area contributed by atoms with Gasteiger partial charge in [0.05, 0.1) is 0 Å². The largest absolute Gasteiger partial charge is 0.451 e. The number of furan rings is 1. The maximum Gasteiger partial charge on any atom is 0.287 e. The number of benzene rings is 1. The Bertz CT molecular complexity index is 546. The Kier molecular flexibility index (Phi) is 3.99. The zero-order valence-corrected chi connectivity index (χ0v) is 10.5. The quantitative estimate of drug-likeness (QED) is 0.795. The third-order valence-corrected chi connectivity index (χ3v) is 2.97. The van der Waals surface area contributed by atoms with Crippen molar-refractivity contribution in [2.24, 2.45) is 5.73 Å². The highest BCUT2D eigenvalue weighted by Gasteiger charge is 2.16. The van der Waals surface area contributed by atoms with Crippen LogP contribution in [0.25, 0.3) is 11.0 Å². The molecule has 0 aliphatic heterocycles. The van der Waals surface area contributed by atoms with Crippen molar-refractivity contribution >= 4 is 16.9 Å². The van der Waals surface area contributed by atoms with Crippen molar-refractivity contribution in [2.75, 3.05) is 13.1 Å². The first-order chi connectivity index (χ1) is 8.74. The van der Waals surface area contributed by atoms with Gasteiger partial charge in [-0.2, -0.15) is 0 Å². The summed E-state index contributed by atoms with van der Waals surface area (Å²) in [6.07, 6.45) is 1.81. The van der Waals surface area contributed by atoms with Crippen LogP contribution in [0.2, 0.25) is 0 Å². The summed E-state index contributed by atoms with van der Waals surface area (Å²) in [6, 6.07) is 7.66. The number of hydrogen-bond donors (Lipinski definition) is 2. The van der Waals surface area contributed by atoms with Crippen LogP contribution >= 0.6 is 0 Å². The highest BCUT2D eigenvalue weighted by atomic mass is 16.3. The molecule has 4 nitrogen and oxygen atoms in total. The molecule has 2 aromatic rings. The van der Waals surface area contributed by atoms with Crippen molar-refractivity contribution in [3.63, 3.8) is 0 Å². The van der Waals surface area contributed by atoms with E-state index in [0.717, 1.165) is 29.4 Å². The van der Waals surface area contributed by atoms with E-state index in [4.69, 9.17) is 10.2 Å². The van der Waals surface area contributed by atoms with Gasteiger partial charge >= 0.3 is 0 Å². The molecule has 1 aromatic carbocycles. The van der Waals surface area contributed by atoms with Gasteiger partial charge in [-0.3, -0.25) is 4.79 Å². The van der Waals surface area contributed by atoms with E-state index in [2.05, 4.69) is 5.32 Å². The Morgan fingerprint density at radius 2 is 2.11 bits per heavy atom. The van der Waals surface area contributed by atoms with E-state index < -0.39 is 0 Å². The Morgan fingerprint density at radius 1 is 1.33 bits per heavy atom. The van der Waals surface area contributed by atoms with E-state index in [9.17, 15) is 4.79 Å². The zero-order chi connectivity index (χ0) is 13.0. The summed E-state index contributed by atoms with van der Waals surface area (Å²) in [5.41, 5.74) is 7.04. The lowest BCUT2D eigenvalue weighted by atomic mass is 10.1. The lowest BCUT2D eigenvalue weighted by Gasteiger charge is -2.02. The number of carbonyl (C=O) groups is 1. The van der Waals surface area contributed by atoms with Crippen LogP contribution in [0.1, 0.15) is 29.0 Å². The monoisotopic (exact) mass is 246 g/mol. The fourth-order valence-electron chi connectivity index (χ4n) is 1.94. The standard InChI is InChI=1S/C14H18N2O2/c1-10-11-6-2-3-7-12(11)18-13(10)14(17)16-9-5-4-8-15/h2-3,6-7H,4-5,8-9,15H2,1H3,(H,16,17). The number of nitrogens with two attached hydrogens (primary N) is 1. The fourth-order valence-corrected chi connectivity index (χ4v) is 1.94. The van der Waals surface area contributed by atoms with E-state index >= 15 is 0 Å². The molecule has 0 aliphatic rings. The summed E-state index contributed by atoms with van der Waals surface area (Å²) in [5.74, 6) is 0.254. The van der Waals surface area contributed by atoms with Crippen LogP contribution in [0.5, 0.6) is 0 Å². The summed E-state index contributed by atoms with van der Waals surface area (Å²) in [5, 5.41) is 3.84. The molecule has 1 heterocycles. The first kappa shape index (κ1) is 12.6. The molecule has 96 valence electrons. The Labute approximate surface area is 106 Å². The number of carbonyl (C=O) groups excluding carboxylic acids is 1. The molecule has 3 N–H and O–H groups in total. The Balaban J connectivity index is 2.10. The number of aryl methyl sites for hydroxylation is 1. The lowest BCUT2D eigenvalue weighted by molar-refractivity contribution is 0.0926. The molecule has 1 aromatic heterocycles. The highest BCUT2D eigenvalue weighted by Crippen LogP contribution is 2.24. The topological polar surface area (TPSA) is 68.3 Å². The van der Waals surface area contributed by atoms with Crippen molar-refractivity contribution < 1.29 is 9.21 Å². The van der Waals surface area contributed by atoms with Gasteiger partial charge in [-0.1, -0.05) is 18.2 Å². The van der Waals surface area contributed by atoms with Crippen LogP contribution in [-0.4, -0.2) is 19.0 Å². The molecule has 18 heavy (non-hydrogen) atoms. The molecular weight excluding hydrogens is 228 g/mol. The van der Waals surface area contributed by atoms with Crippen molar-refractivity contribution in [1.29, 1.82) is 0 Å². The first-order valence-electron chi connectivity index (χ1n) is 6.20. The van der Waals surface area contributed by atoms with Gasteiger partial charge < -0.3 is 15.5 Å². The van der Waals surface area contributed by atoms with Gasteiger partial charge in [-0.15, -0.1) is 0 Å². The molecule has 0 aliphatic carbocycles. The third-order valence-electron chi connectivity index (χ3n) is 2.97. The summed E-state index contributed by atoms with van der Waals surface area (Å²) >= 11 is 0. The normalized spacial score (nSPS) is 10.8. The van der Waals surface area contributed by atoms with Gasteiger partial charge in [-0.05, 0) is 32.4 Å². The molecule has 0 saturated heterocycles. The van der Waals surface area contributed by atoms with Crippen molar-refractivity contribution in [3.05, 3.63) is 35.6 Å². The minimum Gasteiger partial charge on any atom is -0.451 e. The number of rotatable bonds is 5. The number of unbranched alkanes of at least 4 members (excludes halogenated alkanes) is 1. The van der Waals surface area contributed by atoms with Gasteiger partial charge in [0.1, 0.15) is 5.58 Å². The molecular formula is C14H18N2O2. The van der Waals surface area contributed by atoms with Crippen LogP contribution in [0.15, 0.2) is 28.7 Å². The predicted octanol–water partition coefficient (Wildman–Crippen LogP) is 2.21. The number of hydrogen-bond acceptors (Lipinski definition) is 3. The number of amides is 1. The second-order valence-corrected chi connectivity index (χ2v) is 4.30. The maximum absolute atomic E-state index is 12.0. The average molecular weight is 246 g/mol. The molecule has 0 saturated carbocycles. The van der Waals surface area contributed by atoms with Crippen molar-refractivity contribution in [1.82, 2.24) is 5.32 Å². The van der Waals surface area contributed by atoms with Crippen LogP contribution in [0, 0.1) is 6.92 Å².